The van der Waals surface area contributed by atoms with Crippen LogP contribution in [0.3, 0.4) is 0 Å². The molecule has 0 unspecified atom stereocenters. The summed E-state index contributed by atoms with van der Waals surface area (Å²) in [6.45, 7) is 0.705. The minimum Gasteiger partial charge on any atom is -0.297 e. The summed E-state index contributed by atoms with van der Waals surface area (Å²) in [5.41, 5.74) is 1.04. The number of nitro benzene ring substituents is 1. The molecule has 108 valence electrons. The van der Waals surface area contributed by atoms with Crippen LogP contribution in [0.1, 0.15) is 25.1 Å². The van der Waals surface area contributed by atoms with Gasteiger partial charge in [0.25, 0.3) is 11.2 Å². The van der Waals surface area contributed by atoms with Crippen molar-refractivity contribution in [3.63, 3.8) is 0 Å². The lowest BCUT2D eigenvalue weighted by Crippen LogP contribution is -2.23. The van der Waals surface area contributed by atoms with Crippen molar-refractivity contribution in [1.82, 2.24) is 9.55 Å². The lowest BCUT2D eigenvalue weighted by atomic mass is 10.1. The summed E-state index contributed by atoms with van der Waals surface area (Å²) in [4.78, 5) is 27.2. The summed E-state index contributed by atoms with van der Waals surface area (Å²) < 4.78 is 1.72. The predicted molar refractivity (Wildman–Crippen MR) is 78.1 cm³/mol. The van der Waals surface area contributed by atoms with Gasteiger partial charge in [0.1, 0.15) is 5.82 Å². The Hall–Kier alpha value is -2.50. The van der Waals surface area contributed by atoms with Crippen LogP contribution >= 0.6 is 0 Å². The van der Waals surface area contributed by atoms with Crippen molar-refractivity contribution in [1.29, 1.82) is 0 Å². The van der Waals surface area contributed by atoms with Gasteiger partial charge in [-0.1, -0.05) is 18.6 Å². The number of nitrogens with zero attached hydrogens (tertiary/aromatic N) is 3. The van der Waals surface area contributed by atoms with Gasteiger partial charge in [0.2, 0.25) is 0 Å². The monoisotopic (exact) mass is 285 g/mol. The Morgan fingerprint density at radius 1 is 1.19 bits per heavy atom. The summed E-state index contributed by atoms with van der Waals surface area (Å²) in [6, 6.07) is 7.70. The van der Waals surface area contributed by atoms with Crippen molar-refractivity contribution in [2.75, 3.05) is 0 Å². The highest BCUT2D eigenvalue weighted by molar-refractivity contribution is 5.62. The molecule has 0 saturated heterocycles. The Morgan fingerprint density at radius 3 is 2.86 bits per heavy atom. The molecule has 6 heteroatoms. The van der Waals surface area contributed by atoms with Crippen LogP contribution in [-0.2, 0) is 13.0 Å². The summed E-state index contributed by atoms with van der Waals surface area (Å²) in [5.74, 6) is 0.779. The Morgan fingerprint density at radius 2 is 2.05 bits per heavy atom. The van der Waals surface area contributed by atoms with Crippen LogP contribution in [0.15, 0.2) is 35.1 Å². The molecule has 0 aliphatic carbocycles. The molecule has 21 heavy (non-hydrogen) atoms. The van der Waals surface area contributed by atoms with E-state index in [4.69, 9.17) is 0 Å². The van der Waals surface area contributed by atoms with Gasteiger partial charge in [-0.2, -0.15) is 0 Å². The van der Waals surface area contributed by atoms with Gasteiger partial charge in [-0.05, 0) is 12.8 Å². The number of non-ortho nitro benzene ring substituents is 1. The SMILES string of the molecule is O=c1cc(-c2cccc([N+](=O)[O-])c2)nc2n1CCCCC2. The van der Waals surface area contributed by atoms with E-state index in [-0.39, 0.29) is 11.2 Å². The van der Waals surface area contributed by atoms with Crippen LogP contribution in [0, 0.1) is 10.1 Å². The number of aryl methyl sites for hydroxylation is 1. The molecule has 0 spiro atoms. The van der Waals surface area contributed by atoms with E-state index < -0.39 is 4.92 Å². The molecule has 1 aliphatic rings. The number of benzene rings is 1. The third-order valence-corrected chi connectivity index (χ3v) is 3.72. The number of nitro groups is 1. The Bertz CT molecular complexity index is 752. The van der Waals surface area contributed by atoms with Crippen LogP contribution in [-0.4, -0.2) is 14.5 Å². The molecule has 0 bridgehead atoms. The summed E-state index contributed by atoms with van der Waals surface area (Å²) >= 11 is 0. The van der Waals surface area contributed by atoms with Crippen molar-refractivity contribution in [2.24, 2.45) is 0 Å². The molecule has 0 fully saturated rings. The molecule has 0 saturated carbocycles. The van der Waals surface area contributed by atoms with Gasteiger partial charge in [-0.3, -0.25) is 19.5 Å². The predicted octanol–water partition coefficient (Wildman–Crippen LogP) is 2.54. The maximum absolute atomic E-state index is 12.2. The number of hydrogen-bond acceptors (Lipinski definition) is 4. The zero-order valence-electron chi connectivity index (χ0n) is 11.5. The Kier molecular flexibility index (Phi) is 3.51. The van der Waals surface area contributed by atoms with E-state index in [1.807, 2.05) is 0 Å². The second-order valence-corrected chi connectivity index (χ2v) is 5.17. The minimum atomic E-state index is -0.445. The normalized spacial score (nSPS) is 14.3. The summed E-state index contributed by atoms with van der Waals surface area (Å²) in [7, 11) is 0. The smallest absolute Gasteiger partial charge is 0.270 e. The maximum Gasteiger partial charge on any atom is 0.270 e. The third-order valence-electron chi connectivity index (χ3n) is 3.72. The molecular weight excluding hydrogens is 270 g/mol. The quantitative estimate of drug-likeness (QED) is 0.627. The maximum atomic E-state index is 12.2. The van der Waals surface area contributed by atoms with Gasteiger partial charge >= 0.3 is 0 Å². The molecule has 1 aromatic heterocycles. The topological polar surface area (TPSA) is 78.0 Å². The molecular formula is C15H15N3O3. The summed E-state index contributed by atoms with van der Waals surface area (Å²) in [6.07, 6.45) is 3.88. The number of aromatic nitrogens is 2. The van der Waals surface area contributed by atoms with Crippen molar-refractivity contribution in [3.05, 3.63) is 56.6 Å². The van der Waals surface area contributed by atoms with Crippen molar-refractivity contribution < 1.29 is 4.92 Å². The first-order valence-corrected chi connectivity index (χ1v) is 7.01. The van der Waals surface area contributed by atoms with E-state index in [0.717, 1.165) is 31.5 Å². The minimum absolute atomic E-state index is 0.00402. The highest BCUT2D eigenvalue weighted by Gasteiger charge is 2.14. The highest BCUT2D eigenvalue weighted by Crippen LogP contribution is 2.22. The molecule has 2 heterocycles. The third kappa shape index (κ3) is 2.69. The van der Waals surface area contributed by atoms with Gasteiger partial charge in [-0.15, -0.1) is 0 Å². The lowest BCUT2D eigenvalue weighted by Gasteiger charge is -2.10. The Balaban J connectivity index is 2.09. The van der Waals surface area contributed by atoms with Gasteiger partial charge in [-0.25, -0.2) is 4.98 Å². The lowest BCUT2D eigenvalue weighted by molar-refractivity contribution is -0.384. The van der Waals surface area contributed by atoms with Crippen LogP contribution in [0.25, 0.3) is 11.3 Å². The second-order valence-electron chi connectivity index (χ2n) is 5.17. The molecule has 0 N–H and O–H groups in total. The highest BCUT2D eigenvalue weighted by atomic mass is 16.6. The number of hydrogen-bond donors (Lipinski definition) is 0. The van der Waals surface area contributed by atoms with E-state index in [0.29, 0.717) is 17.8 Å². The molecule has 0 radical (unpaired) electrons. The van der Waals surface area contributed by atoms with E-state index in [2.05, 4.69) is 4.98 Å². The van der Waals surface area contributed by atoms with Crippen molar-refractivity contribution in [3.8, 4) is 11.3 Å². The first-order valence-electron chi connectivity index (χ1n) is 7.01. The largest absolute Gasteiger partial charge is 0.297 e. The first kappa shape index (κ1) is 13.5. The van der Waals surface area contributed by atoms with Gasteiger partial charge in [0, 0.05) is 36.7 Å². The van der Waals surface area contributed by atoms with E-state index in [9.17, 15) is 14.9 Å². The van der Waals surface area contributed by atoms with Crippen LogP contribution < -0.4 is 5.56 Å². The van der Waals surface area contributed by atoms with E-state index in [1.54, 1.807) is 16.7 Å². The van der Waals surface area contributed by atoms with Gasteiger partial charge in [0.15, 0.2) is 0 Å². The standard InChI is InChI=1S/C15H15N3O3/c19-15-10-13(11-5-4-6-12(9-11)18(20)21)16-14-7-2-1-3-8-17(14)15/h4-6,9-10H,1-3,7-8H2. The molecule has 0 atom stereocenters. The molecule has 0 amide bonds. The first-order chi connectivity index (χ1) is 10.1. The Labute approximate surface area is 121 Å². The molecule has 2 aromatic rings. The molecule has 3 rings (SSSR count). The van der Waals surface area contributed by atoms with Crippen molar-refractivity contribution >= 4 is 5.69 Å². The molecule has 6 nitrogen and oxygen atoms in total. The number of rotatable bonds is 2. The van der Waals surface area contributed by atoms with Crippen LogP contribution in [0.2, 0.25) is 0 Å². The van der Waals surface area contributed by atoms with Crippen LogP contribution in [0.4, 0.5) is 5.69 Å². The fraction of sp³-hybridized carbons (Fsp3) is 0.333. The van der Waals surface area contributed by atoms with Crippen LogP contribution in [0.5, 0.6) is 0 Å². The van der Waals surface area contributed by atoms with Crippen molar-refractivity contribution in [2.45, 2.75) is 32.2 Å². The van der Waals surface area contributed by atoms with Gasteiger partial charge < -0.3 is 0 Å². The zero-order chi connectivity index (χ0) is 14.8. The number of fused-ring (bicyclic) bond motifs is 1. The average molecular weight is 285 g/mol. The summed E-state index contributed by atoms with van der Waals surface area (Å²) in [5, 5.41) is 10.8. The molecule has 1 aliphatic heterocycles. The fourth-order valence-electron chi connectivity index (χ4n) is 2.64. The fourth-order valence-corrected chi connectivity index (χ4v) is 2.64. The van der Waals surface area contributed by atoms with Gasteiger partial charge in [0.05, 0.1) is 10.6 Å². The van der Waals surface area contributed by atoms with E-state index >= 15 is 0 Å². The van der Waals surface area contributed by atoms with E-state index in [1.165, 1.54) is 18.2 Å². The second kappa shape index (κ2) is 5.47. The molecule has 1 aromatic carbocycles. The average Bonchev–Trinajstić information content (AvgIpc) is 2.73. The zero-order valence-corrected chi connectivity index (χ0v) is 11.5.